The molecular formula is C17H34N6O. The van der Waals surface area contributed by atoms with Crippen LogP contribution in [-0.2, 0) is 18.3 Å². The maximum Gasteiger partial charge on any atom is 0.191 e. The zero-order valence-electron chi connectivity index (χ0n) is 15.9. The number of hydrogen-bond acceptors (Lipinski definition) is 4. The molecule has 1 aromatic heterocycles. The van der Waals surface area contributed by atoms with Gasteiger partial charge in [-0.2, -0.15) is 0 Å². The third-order valence-corrected chi connectivity index (χ3v) is 4.26. The van der Waals surface area contributed by atoms with E-state index in [2.05, 4.69) is 39.7 Å². The van der Waals surface area contributed by atoms with Crippen molar-refractivity contribution >= 4 is 5.96 Å². The quantitative estimate of drug-likeness (QED) is 0.367. The van der Waals surface area contributed by atoms with E-state index in [4.69, 9.17) is 4.74 Å². The lowest BCUT2D eigenvalue weighted by Crippen LogP contribution is -2.41. The first-order valence-corrected chi connectivity index (χ1v) is 8.98. The maximum atomic E-state index is 5.11. The van der Waals surface area contributed by atoms with Crippen molar-refractivity contribution in [1.29, 1.82) is 0 Å². The highest BCUT2D eigenvalue weighted by molar-refractivity contribution is 5.79. The molecule has 0 radical (unpaired) electrons. The van der Waals surface area contributed by atoms with Crippen molar-refractivity contribution in [1.82, 2.24) is 25.4 Å². The van der Waals surface area contributed by atoms with E-state index < -0.39 is 0 Å². The number of unbranched alkanes of at least 4 members (excludes halogenated alkanes) is 1. The van der Waals surface area contributed by atoms with Crippen LogP contribution in [0.15, 0.2) is 4.99 Å². The van der Waals surface area contributed by atoms with Crippen LogP contribution in [-0.4, -0.2) is 47.5 Å². The lowest BCUT2D eigenvalue weighted by Gasteiger charge is -2.18. The average molecular weight is 339 g/mol. The molecule has 0 saturated heterocycles. The predicted octanol–water partition coefficient (Wildman–Crippen LogP) is 2.02. The van der Waals surface area contributed by atoms with Gasteiger partial charge in [-0.05, 0) is 19.3 Å². The minimum Gasteiger partial charge on any atom is -0.383 e. The first kappa shape index (κ1) is 20.4. The summed E-state index contributed by atoms with van der Waals surface area (Å²) in [5, 5.41) is 15.0. The Balaban J connectivity index is 2.61. The Morgan fingerprint density at radius 3 is 2.67 bits per heavy atom. The molecule has 1 aromatic rings. The fraction of sp³-hybridized carbons (Fsp3) is 0.824. The summed E-state index contributed by atoms with van der Waals surface area (Å²) in [6, 6.07) is 0. The van der Waals surface area contributed by atoms with Gasteiger partial charge in [-0.25, -0.2) is 4.99 Å². The number of aromatic nitrogens is 3. The van der Waals surface area contributed by atoms with Crippen LogP contribution in [0, 0.1) is 12.8 Å². The SMILES string of the molecule is CCCCC(CC)CNC(=NCc1nnc(C)n1C)NCCOC. The summed E-state index contributed by atoms with van der Waals surface area (Å²) >= 11 is 0. The third kappa shape index (κ3) is 7.29. The molecule has 0 bridgehead atoms. The van der Waals surface area contributed by atoms with Gasteiger partial charge in [0.1, 0.15) is 12.4 Å². The summed E-state index contributed by atoms with van der Waals surface area (Å²) in [4.78, 5) is 4.64. The van der Waals surface area contributed by atoms with Gasteiger partial charge in [-0.1, -0.05) is 33.1 Å². The summed E-state index contributed by atoms with van der Waals surface area (Å²) in [7, 11) is 3.66. The summed E-state index contributed by atoms with van der Waals surface area (Å²) in [5.41, 5.74) is 0. The molecule has 0 aliphatic rings. The molecular weight excluding hydrogens is 304 g/mol. The van der Waals surface area contributed by atoms with Crippen molar-refractivity contribution in [3.63, 3.8) is 0 Å². The second-order valence-corrected chi connectivity index (χ2v) is 6.10. The Labute approximate surface area is 146 Å². The second-order valence-electron chi connectivity index (χ2n) is 6.10. The number of rotatable bonds is 11. The fourth-order valence-electron chi connectivity index (χ4n) is 2.37. The molecule has 0 saturated carbocycles. The van der Waals surface area contributed by atoms with Crippen LogP contribution < -0.4 is 10.6 Å². The topological polar surface area (TPSA) is 76.4 Å². The van der Waals surface area contributed by atoms with Crippen LogP contribution in [0.5, 0.6) is 0 Å². The molecule has 24 heavy (non-hydrogen) atoms. The number of hydrogen-bond donors (Lipinski definition) is 2. The van der Waals surface area contributed by atoms with Crippen LogP contribution in [0.25, 0.3) is 0 Å². The third-order valence-electron chi connectivity index (χ3n) is 4.26. The van der Waals surface area contributed by atoms with E-state index in [1.54, 1.807) is 7.11 Å². The van der Waals surface area contributed by atoms with Gasteiger partial charge in [0, 0.05) is 27.2 Å². The van der Waals surface area contributed by atoms with E-state index in [9.17, 15) is 0 Å². The minimum atomic E-state index is 0.505. The molecule has 7 nitrogen and oxygen atoms in total. The van der Waals surface area contributed by atoms with Gasteiger partial charge in [0.25, 0.3) is 0 Å². The van der Waals surface area contributed by atoms with E-state index >= 15 is 0 Å². The highest BCUT2D eigenvalue weighted by atomic mass is 16.5. The molecule has 7 heteroatoms. The standard InChI is InChI=1S/C17H34N6O/c1-6-8-9-15(7-2)12-19-17(18-10-11-24-5)20-13-16-22-21-14(3)23(16)4/h15H,6-13H2,1-5H3,(H2,18,19,20). The van der Waals surface area contributed by atoms with E-state index in [0.29, 0.717) is 19.1 Å². The van der Waals surface area contributed by atoms with Crippen molar-refractivity contribution in [2.24, 2.45) is 18.0 Å². The molecule has 0 aliphatic carbocycles. The normalized spacial score (nSPS) is 13.1. The Morgan fingerprint density at radius 2 is 2.08 bits per heavy atom. The largest absolute Gasteiger partial charge is 0.383 e. The predicted molar refractivity (Wildman–Crippen MR) is 98.1 cm³/mol. The zero-order chi connectivity index (χ0) is 17.8. The number of aliphatic imine (C=N–C) groups is 1. The first-order chi connectivity index (χ1) is 11.6. The zero-order valence-corrected chi connectivity index (χ0v) is 15.9. The maximum absolute atomic E-state index is 5.11. The van der Waals surface area contributed by atoms with Gasteiger partial charge >= 0.3 is 0 Å². The molecule has 1 unspecified atom stereocenters. The second kappa shape index (κ2) is 11.8. The highest BCUT2D eigenvalue weighted by Gasteiger charge is 2.08. The van der Waals surface area contributed by atoms with Crippen LogP contribution in [0.4, 0.5) is 0 Å². The summed E-state index contributed by atoms with van der Waals surface area (Å²) in [6.07, 6.45) is 4.96. The van der Waals surface area contributed by atoms with Gasteiger partial charge in [-0.15, -0.1) is 10.2 Å². The Kier molecular flexibility index (Phi) is 10.1. The van der Waals surface area contributed by atoms with E-state index in [-0.39, 0.29) is 0 Å². The minimum absolute atomic E-state index is 0.505. The highest BCUT2D eigenvalue weighted by Crippen LogP contribution is 2.11. The molecule has 0 amide bonds. The van der Waals surface area contributed by atoms with E-state index in [0.717, 1.165) is 30.7 Å². The number of guanidine groups is 1. The van der Waals surface area contributed by atoms with Crippen LogP contribution in [0.1, 0.15) is 51.2 Å². The number of aryl methyl sites for hydroxylation is 1. The van der Waals surface area contributed by atoms with Gasteiger partial charge in [0.05, 0.1) is 6.61 Å². The fourth-order valence-corrected chi connectivity index (χ4v) is 2.37. The molecule has 2 N–H and O–H groups in total. The molecule has 1 rings (SSSR count). The smallest absolute Gasteiger partial charge is 0.191 e. The Morgan fingerprint density at radius 1 is 1.29 bits per heavy atom. The monoisotopic (exact) mass is 338 g/mol. The molecule has 1 atom stereocenters. The lowest BCUT2D eigenvalue weighted by atomic mass is 9.99. The van der Waals surface area contributed by atoms with Crippen molar-refractivity contribution < 1.29 is 4.74 Å². The van der Waals surface area contributed by atoms with Gasteiger partial charge in [0.15, 0.2) is 11.8 Å². The number of ether oxygens (including phenoxy) is 1. The number of methoxy groups -OCH3 is 1. The van der Waals surface area contributed by atoms with Gasteiger partial charge in [-0.3, -0.25) is 0 Å². The molecule has 0 aliphatic heterocycles. The Hall–Kier alpha value is -1.63. The lowest BCUT2D eigenvalue weighted by molar-refractivity contribution is 0.203. The van der Waals surface area contributed by atoms with E-state index in [1.165, 1.54) is 25.7 Å². The number of nitrogens with zero attached hydrogens (tertiary/aromatic N) is 4. The van der Waals surface area contributed by atoms with Crippen molar-refractivity contribution in [2.75, 3.05) is 26.8 Å². The van der Waals surface area contributed by atoms with Crippen LogP contribution >= 0.6 is 0 Å². The molecule has 0 aromatic carbocycles. The molecule has 0 spiro atoms. The van der Waals surface area contributed by atoms with Crippen molar-refractivity contribution in [2.45, 2.75) is 53.0 Å². The van der Waals surface area contributed by atoms with Gasteiger partial charge in [0.2, 0.25) is 0 Å². The van der Waals surface area contributed by atoms with Gasteiger partial charge < -0.3 is 19.9 Å². The molecule has 1 heterocycles. The average Bonchev–Trinajstić information content (AvgIpc) is 2.91. The summed E-state index contributed by atoms with van der Waals surface area (Å²) in [5.74, 6) is 3.24. The first-order valence-electron chi connectivity index (χ1n) is 8.98. The molecule has 138 valence electrons. The number of nitrogens with one attached hydrogen (secondary N) is 2. The van der Waals surface area contributed by atoms with E-state index in [1.807, 2.05) is 18.5 Å². The Bertz CT molecular complexity index is 485. The van der Waals surface area contributed by atoms with Crippen LogP contribution in [0.2, 0.25) is 0 Å². The van der Waals surface area contributed by atoms with Crippen molar-refractivity contribution in [3.8, 4) is 0 Å². The summed E-state index contributed by atoms with van der Waals surface area (Å²) in [6.45, 7) is 9.25. The summed E-state index contributed by atoms with van der Waals surface area (Å²) < 4.78 is 7.07. The van der Waals surface area contributed by atoms with Crippen LogP contribution in [0.3, 0.4) is 0 Å². The molecule has 0 fully saturated rings. The van der Waals surface area contributed by atoms with Crippen molar-refractivity contribution in [3.05, 3.63) is 11.6 Å².